The second-order valence-corrected chi connectivity index (χ2v) is 8.08. The van der Waals surface area contributed by atoms with E-state index < -0.39 is 6.04 Å². The lowest BCUT2D eigenvalue weighted by atomic mass is 10.1. The first kappa shape index (κ1) is 22.6. The van der Waals surface area contributed by atoms with Gasteiger partial charge in [0.2, 0.25) is 5.91 Å². The number of hydrogen-bond acceptors (Lipinski definition) is 3. The van der Waals surface area contributed by atoms with Crippen LogP contribution in [0.15, 0.2) is 18.2 Å². The van der Waals surface area contributed by atoms with Crippen molar-refractivity contribution in [1.29, 1.82) is 0 Å². The van der Waals surface area contributed by atoms with Crippen LogP contribution in [0, 0.1) is 13.8 Å². The van der Waals surface area contributed by atoms with E-state index in [1.54, 1.807) is 14.0 Å². The number of likely N-dealkylation sites (N-methyl/N-ethyl adjacent to an activating group) is 1. The van der Waals surface area contributed by atoms with Crippen molar-refractivity contribution in [2.45, 2.75) is 53.1 Å². The Morgan fingerprint density at radius 3 is 2.15 bits per heavy atom. The summed E-state index contributed by atoms with van der Waals surface area (Å²) >= 11 is 0. The van der Waals surface area contributed by atoms with Crippen molar-refractivity contribution < 1.29 is 19.3 Å². The maximum atomic E-state index is 12.3. The molecule has 1 rings (SSSR count). The molecule has 0 aliphatic heterocycles. The van der Waals surface area contributed by atoms with Crippen molar-refractivity contribution in [2.75, 3.05) is 25.5 Å². The second-order valence-electron chi connectivity index (χ2n) is 8.08. The Bertz CT molecular complexity index is 675. The number of rotatable bonds is 7. The summed E-state index contributed by atoms with van der Waals surface area (Å²) in [5.41, 5.74) is 2.40. The van der Waals surface area contributed by atoms with Crippen LogP contribution in [0.4, 0.5) is 5.69 Å². The summed E-state index contributed by atoms with van der Waals surface area (Å²) in [7, 11) is 1.78. The van der Waals surface area contributed by atoms with Gasteiger partial charge >= 0.3 is 0 Å². The van der Waals surface area contributed by atoms with E-state index in [0.29, 0.717) is 0 Å². The number of hydrogen-bond donors (Lipinski definition) is 4. The van der Waals surface area contributed by atoms with E-state index in [1.165, 1.54) is 0 Å². The zero-order chi connectivity index (χ0) is 20.8. The summed E-state index contributed by atoms with van der Waals surface area (Å²) in [6.07, 6.45) is 0. The first-order valence-electron chi connectivity index (χ1n) is 9.18. The SMILES string of the molecule is Cc1cccc(C)c1NC(=O)CNC(=O)[C@@H](C)[NH+](C)CC(=O)NC(C)(C)C. The first-order valence-corrected chi connectivity index (χ1v) is 9.18. The van der Waals surface area contributed by atoms with Crippen molar-refractivity contribution in [3.8, 4) is 0 Å². The average molecular weight is 378 g/mol. The molecule has 0 spiro atoms. The number of aryl methyl sites for hydroxylation is 2. The molecule has 1 unspecified atom stereocenters. The molecule has 0 fully saturated rings. The van der Waals surface area contributed by atoms with E-state index in [0.717, 1.165) is 21.7 Å². The quantitative estimate of drug-likeness (QED) is 0.546. The van der Waals surface area contributed by atoms with Crippen LogP contribution in [0.1, 0.15) is 38.8 Å². The smallest absolute Gasteiger partial charge is 0.278 e. The van der Waals surface area contributed by atoms with E-state index in [4.69, 9.17) is 0 Å². The summed E-state index contributed by atoms with van der Waals surface area (Å²) in [5.74, 6) is -0.670. The van der Waals surface area contributed by atoms with Crippen molar-refractivity contribution in [3.63, 3.8) is 0 Å². The largest absolute Gasteiger partial charge is 0.347 e. The van der Waals surface area contributed by atoms with Crippen molar-refractivity contribution >= 4 is 23.4 Å². The number of carbonyl (C=O) groups excluding carboxylic acids is 3. The van der Waals surface area contributed by atoms with Gasteiger partial charge in [-0.05, 0) is 52.7 Å². The Labute approximate surface area is 161 Å². The normalized spacial score (nSPS) is 13.4. The fourth-order valence-corrected chi connectivity index (χ4v) is 2.61. The molecule has 150 valence electrons. The molecule has 0 saturated carbocycles. The zero-order valence-corrected chi connectivity index (χ0v) is 17.4. The van der Waals surface area contributed by atoms with Gasteiger partial charge in [-0.3, -0.25) is 14.4 Å². The van der Waals surface area contributed by atoms with Crippen molar-refractivity contribution in [1.82, 2.24) is 10.6 Å². The standard InChI is InChI=1S/C20H32N4O3/c1-13-9-8-10-14(2)18(13)22-16(25)11-21-19(27)15(3)24(7)12-17(26)23-20(4,5)6/h8-10,15H,11-12H2,1-7H3,(H,21,27)(H,22,25)(H,23,26)/p+1/t15-/m1/s1. The fourth-order valence-electron chi connectivity index (χ4n) is 2.61. The van der Waals surface area contributed by atoms with Crippen molar-refractivity contribution in [2.24, 2.45) is 0 Å². The molecule has 0 bridgehead atoms. The van der Waals surface area contributed by atoms with E-state index in [-0.39, 0.29) is 36.3 Å². The Balaban J connectivity index is 2.50. The summed E-state index contributed by atoms with van der Waals surface area (Å²) in [5, 5.41) is 8.35. The minimum Gasteiger partial charge on any atom is -0.347 e. The highest BCUT2D eigenvalue weighted by atomic mass is 16.2. The lowest BCUT2D eigenvalue weighted by Crippen LogP contribution is -3.15. The molecule has 7 nitrogen and oxygen atoms in total. The summed E-state index contributed by atoms with van der Waals surface area (Å²) in [6, 6.07) is 5.32. The number of para-hydroxylation sites is 1. The van der Waals surface area contributed by atoms with E-state index in [2.05, 4.69) is 16.0 Å². The Hall–Kier alpha value is -2.41. The minimum atomic E-state index is -0.455. The first-order chi connectivity index (χ1) is 12.4. The third-order valence-electron chi connectivity index (χ3n) is 4.26. The van der Waals surface area contributed by atoms with Gasteiger partial charge in [0.1, 0.15) is 0 Å². The van der Waals surface area contributed by atoms with Crippen molar-refractivity contribution in [3.05, 3.63) is 29.3 Å². The van der Waals surface area contributed by atoms with E-state index in [1.807, 2.05) is 52.8 Å². The highest BCUT2D eigenvalue weighted by Crippen LogP contribution is 2.18. The molecular weight excluding hydrogens is 344 g/mol. The molecule has 1 aromatic rings. The highest BCUT2D eigenvalue weighted by molar-refractivity contribution is 5.96. The topological polar surface area (TPSA) is 91.7 Å². The summed E-state index contributed by atoms with van der Waals surface area (Å²) in [6.45, 7) is 11.4. The second kappa shape index (κ2) is 9.50. The summed E-state index contributed by atoms with van der Waals surface area (Å²) < 4.78 is 0. The molecule has 0 aromatic heterocycles. The molecule has 0 saturated heterocycles. The minimum absolute atomic E-state index is 0.113. The number of amides is 3. The Morgan fingerprint density at radius 1 is 1.07 bits per heavy atom. The molecule has 0 radical (unpaired) electrons. The van der Waals surface area contributed by atoms with Crippen LogP contribution in [-0.2, 0) is 14.4 Å². The van der Waals surface area contributed by atoms with Crippen LogP contribution in [0.3, 0.4) is 0 Å². The van der Waals surface area contributed by atoms with Gasteiger partial charge in [0.05, 0.1) is 13.6 Å². The third kappa shape index (κ3) is 7.78. The van der Waals surface area contributed by atoms with Gasteiger partial charge in [0.15, 0.2) is 12.6 Å². The van der Waals surface area contributed by atoms with Crippen LogP contribution in [-0.4, -0.2) is 49.4 Å². The molecule has 2 atom stereocenters. The molecular formula is C20H33N4O3+. The van der Waals surface area contributed by atoms with Gasteiger partial charge in [0, 0.05) is 11.2 Å². The highest BCUT2D eigenvalue weighted by Gasteiger charge is 2.25. The fraction of sp³-hybridized carbons (Fsp3) is 0.550. The van der Waals surface area contributed by atoms with Crippen LogP contribution >= 0.6 is 0 Å². The van der Waals surface area contributed by atoms with Gasteiger partial charge in [-0.2, -0.15) is 0 Å². The van der Waals surface area contributed by atoms with Gasteiger partial charge in [-0.1, -0.05) is 18.2 Å². The number of quaternary nitrogens is 1. The average Bonchev–Trinajstić information content (AvgIpc) is 2.53. The molecule has 1 aromatic carbocycles. The number of benzene rings is 1. The molecule has 27 heavy (non-hydrogen) atoms. The number of nitrogens with one attached hydrogen (secondary N) is 4. The molecule has 7 heteroatoms. The van der Waals surface area contributed by atoms with Gasteiger partial charge in [-0.15, -0.1) is 0 Å². The molecule has 3 amide bonds. The number of anilines is 1. The Kier molecular flexibility index (Phi) is 7.97. The van der Waals surface area contributed by atoms with Gasteiger partial charge in [0.25, 0.3) is 11.8 Å². The zero-order valence-electron chi connectivity index (χ0n) is 17.4. The lowest BCUT2D eigenvalue weighted by Gasteiger charge is -2.24. The maximum absolute atomic E-state index is 12.3. The molecule has 0 heterocycles. The maximum Gasteiger partial charge on any atom is 0.278 e. The predicted octanol–water partition coefficient (Wildman–Crippen LogP) is 0.176. The lowest BCUT2D eigenvalue weighted by molar-refractivity contribution is -0.886. The third-order valence-corrected chi connectivity index (χ3v) is 4.26. The predicted molar refractivity (Wildman–Crippen MR) is 107 cm³/mol. The molecule has 4 N–H and O–H groups in total. The molecule has 0 aliphatic carbocycles. The van der Waals surface area contributed by atoms with Crippen LogP contribution < -0.4 is 20.9 Å². The summed E-state index contributed by atoms with van der Waals surface area (Å²) in [4.78, 5) is 37.2. The van der Waals surface area contributed by atoms with E-state index >= 15 is 0 Å². The van der Waals surface area contributed by atoms with E-state index in [9.17, 15) is 14.4 Å². The molecule has 0 aliphatic rings. The van der Waals surface area contributed by atoms with Gasteiger partial charge in [-0.25, -0.2) is 0 Å². The Morgan fingerprint density at radius 2 is 1.63 bits per heavy atom. The monoisotopic (exact) mass is 377 g/mol. The van der Waals surface area contributed by atoms with Crippen LogP contribution in [0.2, 0.25) is 0 Å². The van der Waals surface area contributed by atoms with Gasteiger partial charge < -0.3 is 20.9 Å². The number of carbonyl (C=O) groups is 3. The van der Waals surface area contributed by atoms with Crippen LogP contribution in [0.25, 0.3) is 0 Å². The van der Waals surface area contributed by atoms with Crippen LogP contribution in [0.5, 0.6) is 0 Å².